The quantitative estimate of drug-likeness (QED) is 0.813. The molecule has 2 N–H and O–H groups in total. The number of aromatic nitrogens is 3. The minimum atomic E-state index is -0.858. The van der Waals surface area contributed by atoms with E-state index in [-0.39, 0.29) is 17.5 Å². The highest BCUT2D eigenvalue weighted by Gasteiger charge is 2.41. The second kappa shape index (κ2) is 6.23. The van der Waals surface area contributed by atoms with Gasteiger partial charge in [-0.2, -0.15) is 4.52 Å². The number of halogens is 1. The van der Waals surface area contributed by atoms with E-state index in [2.05, 4.69) is 52.1 Å². The standard InChI is InChI=1S/C16H22BrN5O2/c1-16(2,3)13-10(6-5-9-21(13)15(23)24)18-11-7-4-8-12-19-14(17)20-22(11)12/h4,7-8,10,13,18H,5-6,9H2,1-3H3,(H,23,24)/t10?,13-/m1/s1. The first-order chi connectivity index (χ1) is 11.3. The molecule has 0 spiro atoms. The molecule has 2 atom stereocenters. The molecule has 1 aliphatic rings. The zero-order chi connectivity index (χ0) is 17.5. The van der Waals surface area contributed by atoms with Crippen molar-refractivity contribution in [3.63, 3.8) is 0 Å². The van der Waals surface area contributed by atoms with Gasteiger partial charge in [-0.05, 0) is 46.3 Å². The van der Waals surface area contributed by atoms with Crippen molar-refractivity contribution in [1.82, 2.24) is 19.5 Å². The van der Waals surface area contributed by atoms with Crippen molar-refractivity contribution in [1.29, 1.82) is 0 Å². The van der Waals surface area contributed by atoms with Crippen molar-refractivity contribution in [2.24, 2.45) is 5.41 Å². The minimum Gasteiger partial charge on any atom is -0.465 e. The van der Waals surface area contributed by atoms with Crippen molar-refractivity contribution in [3.05, 3.63) is 22.9 Å². The number of piperidine rings is 1. The Morgan fingerprint density at radius 2 is 2.17 bits per heavy atom. The molecule has 8 heteroatoms. The summed E-state index contributed by atoms with van der Waals surface area (Å²) in [5.74, 6) is 0.817. The van der Waals surface area contributed by atoms with E-state index in [0.29, 0.717) is 11.3 Å². The smallest absolute Gasteiger partial charge is 0.407 e. The Morgan fingerprint density at radius 3 is 2.83 bits per heavy atom. The molecule has 0 radical (unpaired) electrons. The van der Waals surface area contributed by atoms with Crippen molar-refractivity contribution in [2.75, 3.05) is 11.9 Å². The van der Waals surface area contributed by atoms with Crippen LogP contribution in [0.25, 0.3) is 5.65 Å². The van der Waals surface area contributed by atoms with Gasteiger partial charge < -0.3 is 15.3 Å². The van der Waals surface area contributed by atoms with Gasteiger partial charge in [0, 0.05) is 12.6 Å². The Morgan fingerprint density at radius 1 is 1.42 bits per heavy atom. The molecule has 1 unspecified atom stereocenters. The van der Waals surface area contributed by atoms with Crippen molar-refractivity contribution < 1.29 is 9.90 Å². The van der Waals surface area contributed by atoms with Crippen LogP contribution < -0.4 is 5.32 Å². The van der Waals surface area contributed by atoms with Gasteiger partial charge in [0.05, 0.1) is 6.04 Å². The average molecular weight is 396 g/mol. The number of amides is 1. The highest BCUT2D eigenvalue weighted by molar-refractivity contribution is 9.10. The molecule has 3 heterocycles. The fourth-order valence-electron chi connectivity index (χ4n) is 3.61. The molecule has 0 bridgehead atoms. The fourth-order valence-corrected chi connectivity index (χ4v) is 3.95. The van der Waals surface area contributed by atoms with Crippen LogP contribution in [-0.4, -0.2) is 49.3 Å². The fraction of sp³-hybridized carbons (Fsp3) is 0.562. The summed E-state index contributed by atoms with van der Waals surface area (Å²) in [7, 11) is 0. The number of nitrogens with zero attached hydrogens (tertiary/aromatic N) is 4. The van der Waals surface area contributed by atoms with Crippen LogP contribution in [0, 0.1) is 5.41 Å². The number of carbonyl (C=O) groups is 1. The highest BCUT2D eigenvalue weighted by Crippen LogP contribution is 2.34. The molecule has 0 saturated carbocycles. The van der Waals surface area contributed by atoms with E-state index in [9.17, 15) is 9.90 Å². The van der Waals surface area contributed by atoms with E-state index in [1.54, 1.807) is 9.42 Å². The number of fused-ring (bicyclic) bond motifs is 1. The molecule has 2 aromatic heterocycles. The third-order valence-corrected chi connectivity index (χ3v) is 4.77. The molecule has 3 rings (SSSR count). The van der Waals surface area contributed by atoms with Crippen molar-refractivity contribution in [2.45, 2.75) is 45.7 Å². The summed E-state index contributed by atoms with van der Waals surface area (Å²) in [5, 5.41) is 17.5. The summed E-state index contributed by atoms with van der Waals surface area (Å²) in [6, 6.07) is 5.64. The van der Waals surface area contributed by atoms with E-state index in [4.69, 9.17) is 0 Å². The number of rotatable bonds is 2. The van der Waals surface area contributed by atoms with Gasteiger partial charge in [-0.3, -0.25) is 0 Å². The molecule has 130 valence electrons. The Hall–Kier alpha value is -1.83. The van der Waals surface area contributed by atoms with Crippen LogP contribution in [0.5, 0.6) is 0 Å². The maximum Gasteiger partial charge on any atom is 0.407 e. The summed E-state index contributed by atoms with van der Waals surface area (Å²) in [4.78, 5) is 17.6. The average Bonchev–Trinajstić information content (AvgIpc) is 2.87. The lowest BCUT2D eigenvalue weighted by atomic mass is 9.77. The second-order valence-electron chi connectivity index (χ2n) is 7.24. The van der Waals surface area contributed by atoms with Gasteiger partial charge >= 0.3 is 6.09 Å². The maximum atomic E-state index is 11.7. The lowest BCUT2D eigenvalue weighted by molar-refractivity contribution is 0.0518. The lowest BCUT2D eigenvalue weighted by Gasteiger charge is -2.47. The number of pyridine rings is 1. The minimum absolute atomic E-state index is 0.0171. The number of carboxylic acid groups (broad SMARTS) is 1. The van der Waals surface area contributed by atoms with Crippen LogP contribution in [0.1, 0.15) is 33.6 Å². The Balaban J connectivity index is 1.95. The van der Waals surface area contributed by atoms with Crippen LogP contribution in [0.3, 0.4) is 0 Å². The van der Waals surface area contributed by atoms with E-state index < -0.39 is 6.09 Å². The van der Waals surface area contributed by atoms with Crippen LogP contribution in [0.15, 0.2) is 22.9 Å². The van der Waals surface area contributed by atoms with E-state index >= 15 is 0 Å². The number of nitrogens with one attached hydrogen (secondary N) is 1. The predicted octanol–water partition coefficient (Wildman–Crippen LogP) is 3.46. The molecule has 0 aromatic carbocycles. The summed E-state index contributed by atoms with van der Waals surface area (Å²) >= 11 is 3.30. The molecule has 1 aliphatic heterocycles. The van der Waals surface area contributed by atoms with Crippen LogP contribution in [0.4, 0.5) is 10.6 Å². The molecule has 7 nitrogen and oxygen atoms in total. The van der Waals surface area contributed by atoms with E-state index in [1.807, 2.05) is 18.2 Å². The molecule has 0 aliphatic carbocycles. The maximum absolute atomic E-state index is 11.7. The SMILES string of the molecule is CC(C)(C)[C@H]1C(Nc2cccc3nc(Br)nn23)CCCN1C(=O)O. The number of anilines is 1. The first-order valence-corrected chi connectivity index (χ1v) is 8.84. The largest absolute Gasteiger partial charge is 0.465 e. The zero-order valence-corrected chi connectivity index (χ0v) is 15.6. The lowest BCUT2D eigenvalue weighted by Crippen LogP contribution is -2.58. The van der Waals surface area contributed by atoms with Crippen LogP contribution in [0.2, 0.25) is 0 Å². The normalized spacial score (nSPS) is 21.9. The third kappa shape index (κ3) is 3.19. The zero-order valence-electron chi connectivity index (χ0n) is 14.0. The van der Waals surface area contributed by atoms with Gasteiger partial charge in [0.2, 0.25) is 4.73 Å². The van der Waals surface area contributed by atoms with Gasteiger partial charge in [-0.25, -0.2) is 9.78 Å². The van der Waals surface area contributed by atoms with E-state index in [0.717, 1.165) is 24.3 Å². The van der Waals surface area contributed by atoms with Crippen molar-refractivity contribution >= 4 is 33.5 Å². The Kier molecular flexibility index (Phi) is 4.42. The van der Waals surface area contributed by atoms with Gasteiger partial charge in [0.1, 0.15) is 5.82 Å². The van der Waals surface area contributed by atoms with E-state index in [1.165, 1.54) is 0 Å². The van der Waals surface area contributed by atoms with Crippen LogP contribution >= 0.6 is 15.9 Å². The van der Waals surface area contributed by atoms with Crippen molar-refractivity contribution in [3.8, 4) is 0 Å². The predicted molar refractivity (Wildman–Crippen MR) is 95.3 cm³/mol. The monoisotopic (exact) mass is 395 g/mol. The molecule has 1 saturated heterocycles. The molecule has 2 aromatic rings. The second-order valence-corrected chi connectivity index (χ2v) is 7.95. The van der Waals surface area contributed by atoms with Gasteiger partial charge in [-0.1, -0.05) is 26.8 Å². The summed E-state index contributed by atoms with van der Waals surface area (Å²) in [6.45, 7) is 6.83. The number of likely N-dealkylation sites (tertiary alicyclic amines) is 1. The van der Waals surface area contributed by atoms with Crippen LogP contribution in [-0.2, 0) is 0 Å². The molecule has 1 amide bonds. The Bertz CT molecular complexity index is 754. The van der Waals surface area contributed by atoms with Gasteiger partial charge in [0.15, 0.2) is 5.65 Å². The number of hydrogen-bond donors (Lipinski definition) is 2. The Labute approximate surface area is 149 Å². The summed E-state index contributed by atoms with van der Waals surface area (Å²) in [6.07, 6.45) is 0.897. The molecular formula is C16H22BrN5O2. The topological polar surface area (TPSA) is 82.8 Å². The first-order valence-electron chi connectivity index (χ1n) is 8.05. The number of hydrogen-bond acceptors (Lipinski definition) is 4. The summed E-state index contributed by atoms with van der Waals surface area (Å²) < 4.78 is 2.27. The molecular weight excluding hydrogens is 374 g/mol. The van der Waals surface area contributed by atoms with Gasteiger partial charge in [0.25, 0.3) is 0 Å². The highest BCUT2D eigenvalue weighted by atomic mass is 79.9. The molecule has 24 heavy (non-hydrogen) atoms. The van der Waals surface area contributed by atoms with Gasteiger partial charge in [-0.15, -0.1) is 5.10 Å². The molecule has 1 fully saturated rings. The summed E-state index contributed by atoms with van der Waals surface area (Å²) in [5.41, 5.74) is 0.568. The first kappa shape index (κ1) is 17.0. The third-order valence-electron chi connectivity index (χ3n) is 4.43.